The molecule has 0 bridgehead atoms. The molecule has 0 aromatic carbocycles. The Morgan fingerprint density at radius 1 is 1.56 bits per heavy atom. The van der Waals surface area contributed by atoms with E-state index in [-0.39, 0.29) is 24.5 Å². The molecule has 4 heteroatoms. The fourth-order valence-electron chi connectivity index (χ4n) is 2.40. The first-order valence-corrected chi connectivity index (χ1v) is 6.09. The monoisotopic (exact) mass is 229 g/mol. The van der Waals surface area contributed by atoms with Crippen LogP contribution < -0.4 is 5.32 Å². The van der Waals surface area contributed by atoms with Crippen molar-refractivity contribution in [1.82, 2.24) is 5.32 Å². The molecule has 1 fully saturated rings. The molecular weight excluding hydrogens is 206 g/mol. The largest absolute Gasteiger partial charge is 0.396 e. The molecule has 1 saturated carbocycles. The zero-order valence-electron chi connectivity index (χ0n) is 10.2. The molecule has 1 aliphatic rings. The van der Waals surface area contributed by atoms with Crippen molar-refractivity contribution in [3.05, 3.63) is 0 Å². The molecule has 0 aromatic heterocycles. The van der Waals surface area contributed by atoms with Crippen LogP contribution in [0.2, 0.25) is 0 Å². The summed E-state index contributed by atoms with van der Waals surface area (Å²) in [6, 6.07) is -0.0599. The molecule has 3 atom stereocenters. The van der Waals surface area contributed by atoms with E-state index in [1.54, 1.807) is 7.11 Å². The summed E-state index contributed by atoms with van der Waals surface area (Å²) in [5.41, 5.74) is 0. The summed E-state index contributed by atoms with van der Waals surface area (Å²) >= 11 is 0. The van der Waals surface area contributed by atoms with E-state index in [1.165, 1.54) is 0 Å². The Balaban J connectivity index is 2.40. The van der Waals surface area contributed by atoms with E-state index >= 15 is 0 Å². The van der Waals surface area contributed by atoms with Gasteiger partial charge in [-0.25, -0.2) is 0 Å². The summed E-state index contributed by atoms with van der Waals surface area (Å²) in [6.45, 7) is 2.68. The van der Waals surface area contributed by atoms with Crippen molar-refractivity contribution in [3.63, 3.8) is 0 Å². The molecule has 0 radical (unpaired) electrons. The third kappa shape index (κ3) is 3.76. The number of rotatable bonds is 6. The number of ether oxygens (including phenoxy) is 1. The molecule has 4 nitrogen and oxygen atoms in total. The van der Waals surface area contributed by atoms with Crippen LogP contribution in [0.3, 0.4) is 0 Å². The second-order valence-corrected chi connectivity index (χ2v) is 4.69. The molecule has 94 valence electrons. The average Bonchev–Trinajstić information content (AvgIpc) is 2.65. The summed E-state index contributed by atoms with van der Waals surface area (Å²) in [5.74, 6) is 0.760. The Morgan fingerprint density at radius 3 is 2.81 bits per heavy atom. The highest BCUT2D eigenvalue weighted by Gasteiger charge is 2.30. The van der Waals surface area contributed by atoms with Gasteiger partial charge >= 0.3 is 0 Å². The van der Waals surface area contributed by atoms with Gasteiger partial charge in [-0.1, -0.05) is 13.3 Å². The van der Waals surface area contributed by atoms with E-state index in [9.17, 15) is 4.79 Å². The third-order valence-corrected chi connectivity index (χ3v) is 3.39. The molecule has 16 heavy (non-hydrogen) atoms. The molecule has 0 aliphatic heterocycles. The lowest BCUT2D eigenvalue weighted by atomic mass is 9.97. The number of aliphatic hydroxyl groups is 1. The van der Waals surface area contributed by atoms with Gasteiger partial charge in [-0.15, -0.1) is 0 Å². The SMILES string of the molecule is COCC(CCO)NC(=O)C1CCCC1C. The van der Waals surface area contributed by atoms with Gasteiger partial charge < -0.3 is 15.2 Å². The summed E-state index contributed by atoms with van der Waals surface area (Å²) in [7, 11) is 1.61. The first-order valence-electron chi connectivity index (χ1n) is 6.09. The standard InChI is InChI=1S/C12H23NO3/c1-9-4-3-5-11(9)12(15)13-10(6-7-14)8-16-2/h9-11,14H,3-8H2,1-2H3,(H,13,15). The minimum absolute atomic E-state index is 0.0599. The van der Waals surface area contributed by atoms with Gasteiger partial charge in [-0.2, -0.15) is 0 Å². The molecule has 0 aromatic rings. The summed E-state index contributed by atoms with van der Waals surface area (Å²) in [5, 5.41) is 11.9. The smallest absolute Gasteiger partial charge is 0.223 e. The van der Waals surface area contributed by atoms with Crippen molar-refractivity contribution >= 4 is 5.91 Å². The third-order valence-electron chi connectivity index (χ3n) is 3.39. The van der Waals surface area contributed by atoms with Crippen molar-refractivity contribution in [2.45, 2.75) is 38.6 Å². The van der Waals surface area contributed by atoms with Gasteiger partial charge in [0.25, 0.3) is 0 Å². The quantitative estimate of drug-likeness (QED) is 0.712. The van der Waals surface area contributed by atoms with Crippen LogP contribution in [0.4, 0.5) is 0 Å². The number of carbonyl (C=O) groups excluding carboxylic acids is 1. The maximum atomic E-state index is 12.0. The Morgan fingerprint density at radius 2 is 2.31 bits per heavy atom. The fourth-order valence-corrected chi connectivity index (χ4v) is 2.40. The lowest BCUT2D eigenvalue weighted by Gasteiger charge is -2.21. The normalized spacial score (nSPS) is 26.7. The molecule has 1 rings (SSSR count). The Kier molecular flexibility index (Phi) is 5.77. The van der Waals surface area contributed by atoms with Crippen molar-refractivity contribution in [1.29, 1.82) is 0 Å². The Bertz CT molecular complexity index is 214. The molecular formula is C12H23NO3. The van der Waals surface area contributed by atoms with Gasteiger partial charge in [0.1, 0.15) is 0 Å². The van der Waals surface area contributed by atoms with E-state index in [4.69, 9.17) is 9.84 Å². The van der Waals surface area contributed by atoms with Crippen LogP contribution in [0.1, 0.15) is 32.6 Å². The van der Waals surface area contributed by atoms with Crippen LogP contribution in [0, 0.1) is 11.8 Å². The molecule has 0 heterocycles. The highest BCUT2D eigenvalue weighted by Crippen LogP contribution is 2.31. The molecule has 3 unspecified atom stereocenters. The summed E-state index contributed by atoms with van der Waals surface area (Å²) in [6.07, 6.45) is 3.84. The zero-order chi connectivity index (χ0) is 12.0. The van der Waals surface area contributed by atoms with E-state index in [0.717, 1.165) is 19.3 Å². The highest BCUT2D eigenvalue weighted by atomic mass is 16.5. The molecule has 2 N–H and O–H groups in total. The molecule has 0 saturated heterocycles. The van der Waals surface area contributed by atoms with E-state index in [2.05, 4.69) is 12.2 Å². The lowest BCUT2D eigenvalue weighted by molar-refractivity contribution is -0.127. The van der Waals surface area contributed by atoms with Gasteiger partial charge in [-0.05, 0) is 25.2 Å². The van der Waals surface area contributed by atoms with Crippen LogP contribution >= 0.6 is 0 Å². The first kappa shape index (κ1) is 13.5. The number of carbonyl (C=O) groups is 1. The minimum atomic E-state index is -0.0599. The first-order chi connectivity index (χ1) is 7.69. The van der Waals surface area contributed by atoms with E-state index in [1.807, 2.05) is 0 Å². The number of hydrogen-bond acceptors (Lipinski definition) is 3. The number of nitrogens with one attached hydrogen (secondary N) is 1. The zero-order valence-corrected chi connectivity index (χ0v) is 10.2. The number of aliphatic hydroxyl groups excluding tert-OH is 1. The minimum Gasteiger partial charge on any atom is -0.396 e. The Hall–Kier alpha value is -0.610. The predicted octanol–water partition coefficient (Wildman–Crippen LogP) is 0.936. The molecule has 1 amide bonds. The van der Waals surface area contributed by atoms with Crippen LogP contribution in [-0.2, 0) is 9.53 Å². The summed E-state index contributed by atoms with van der Waals surface area (Å²) < 4.78 is 5.02. The van der Waals surface area contributed by atoms with Crippen LogP contribution in [0.15, 0.2) is 0 Å². The van der Waals surface area contributed by atoms with Crippen molar-refractivity contribution in [3.8, 4) is 0 Å². The van der Waals surface area contributed by atoms with Gasteiger partial charge in [0, 0.05) is 19.6 Å². The molecule has 0 spiro atoms. The van der Waals surface area contributed by atoms with Crippen LogP contribution in [0.5, 0.6) is 0 Å². The number of hydrogen-bond donors (Lipinski definition) is 2. The van der Waals surface area contributed by atoms with Crippen molar-refractivity contribution in [2.75, 3.05) is 20.3 Å². The maximum Gasteiger partial charge on any atom is 0.223 e. The Labute approximate surface area is 97.4 Å². The fraction of sp³-hybridized carbons (Fsp3) is 0.917. The van der Waals surface area contributed by atoms with E-state index < -0.39 is 0 Å². The second-order valence-electron chi connectivity index (χ2n) is 4.69. The summed E-state index contributed by atoms with van der Waals surface area (Å²) in [4.78, 5) is 12.0. The average molecular weight is 229 g/mol. The topological polar surface area (TPSA) is 58.6 Å². The predicted molar refractivity (Wildman–Crippen MR) is 62.0 cm³/mol. The van der Waals surface area contributed by atoms with Crippen LogP contribution in [0.25, 0.3) is 0 Å². The van der Waals surface area contributed by atoms with Crippen LogP contribution in [-0.4, -0.2) is 37.4 Å². The second kappa shape index (κ2) is 6.86. The number of amides is 1. The number of methoxy groups -OCH3 is 1. The van der Waals surface area contributed by atoms with E-state index in [0.29, 0.717) is 18.9 Å². The molecule has 1 aliphatic carbocycles. The van der Waals surface area contributed by atoms with Gasteiger partial charge in [0.15, 0.2) is 0 Å². The highest BCUT2D eigenvalue weighted by molar-refractivity contribution is 5.79. The van der Waals surface area contributed by atoms with Gasteiger partial charge in [-0.3, -0.25) is 4.79 Å². The lowest BCUT2D eigenvalue weighted by Crippen LogP contribution is -2.42. The van der Waals surface area contributed by atoms with Gasteiger partial charge in [0.05, 0.1) is 12.6 Å². The maximum absolute atomic E-state index is 12.0. The van der Waals surface area contributed by atoms with Crippen molar-refractivity contribution < 1.29 is 14.6 Å². The van der Waals surface area contributed by atoms with Gasteiger partial charge in [0.2, 0.25) is 5.91 Å². The van der Waals surface area contributed by atoms with Crippen molar-refractivity contribution in [2.24, 2.45) is 11.8 Å².